The standard InChI is InChI=1S/C23H22BrNO3/c1-14(2)23(22(27)28-21(25-23)17-9-6-5-7-10-17)20(15(3)16(4)26)18-11-8-12-19(24)13-18/h5-14,20H,3H2,1-2,4H3/t20-,23-/m0/s1. The molecule has 0 fully saturated rings. The molecule has 0 saturated heterocycles. The fraction of sp³-hybridized carbons (Fsp3) is 0.261. The van der Waals surface area contributed by atoms with Gasteiger partial charge in [-0.2, -0.15) is 0 Å². The average molecular weight is 440 g/mol. The molecule has 4 nitrogen and oxygen atoms in total. The minimum absolute atomic E-state index is 0.179. The zero-order valence-electron chi connectivity index (χ0n) is 16.1. The van der Waals surface area contributed by atoms with Crippen molar-refractivity contribution in [2.24, 2.45) is 10.9 Å². The molecule has 1 aliphatic heterocycles. The van der Waals surface area contributed by atoms with Crippen LogP contribution in [0.3, 0.4) is 0 Å². The number of halogens is 1. The van der Waals surface area contributed by atoms with E-state index in [1.54, 1.807) is 0 Å². The van der Waals surface area contributed by atoms with Crippen molar-refractivity contribution in [2.75, 3.05) is 0 Å². The number of cyclic esters (lactones) is 1. The SMILES string of the molecule is C=C(C(C)=O)[C@@H](c1cccc(Br)c1)[C@]1(C(C)C)N=C(c2ccccc2)OC1=O. The minimum atomic E-state index is -1.27. The monoisotopic (exact) mass is 439 g/mol. The van der Waals surface area contributed by atoms with Gasteiger partial charge in [0.15, 0.2) is 11.3 Å². The third-order valence-corrected chi connectivity index (χ3v) is 5.62. The lowest BCUT2D eigenvalue weighted by Crippen LogP contribution is -2.46. The van der Waals surface area contributed by atoms with Gasteiger partial charge in [-0.05, 0) is 48.2 Å². The number of aliphatic imine (C=N–C) groups is 1. The van der Waals surface area contributed by atoms with E-state index >= 15 is 0 Å². The summed E-state index contributed by atoms with van der Waals surface area (Å²) in [5, 5.41) is 0. The molecule has 144 valence electrons. The molecule has 2 aromatic carbocycles. The number of hydrogen-bond donors (Lipinski definition) is 0. The Morgan fingerprint density at radius 2 is 1.82 bits per heavy atom. The smallest absolute Gasteiger partial charge is 0.342 e. The molecule has 0 N–H and O–H groups in total. The van der Waals surface area contributed by atoms with Crippen LogP contribution in [0.4, 0.5) is 0 Å². The van der Waals surface area contributed by atoms with Crippen molar-refractivity contribution in [2.45, 2.75) is 32.2 Å². The highest BCUT2D eigenvalue weighted by Gasteiger charge is 2.56. The first kappa shape index (κ1) is 20.2. The third-order valence-electron chi connectivity index (χ3n) is 5.13. The van der Waals surface area contributed by atoms with Crippen LogP contribution in [0.2, 0.25) is 0 Å². The van der Waals surface area contributed by atoms with Crippen molar-refractivity contribution in [1.82, 2.24) is 0 Å². The summed E-state index contributed by atoms with van der Waals surface area (Å²) < 4.78 is 6.49. The summed E-state index contributed by atoms with van der Waals surface area (Å²) in [5.74, 6) is -1.22. The maximum Gasteiger partial charge on any atom is 0.342 e. The van der Waals surface area contributed by atoms with Crippen LogP contribution in [0, 0.1) is 5.92 Å². The topological polar surface area (TPSA) is 55.7 Å². The highest BCUT2D eigenvalue weighted by atomic mass is 79.9. The van der Waals surface area contributed by atoms with Crippen molar-refractivity contribution in [3.05, 3.63) is 82.3 Å². The molecule has 1 heterocycles. The van der Waals surface area contributed by atoms with Crippen LogP contribution in [0.25, 0.3) is 0 Å². The first-order valence-corrected chi connectivity index (χ1v) is 9.89. The molecule has 1 aliphatic rings. The van der Waals surface area contributed by atoms with E-state index in [0.717, 1.165) is 15.6 Å². The predicted octanol–water partition coefficient (Wildman–Crippen LogP) is 5.08. The Bertz CT molecular complexity index is 965. The largest absolute Gasteiger partial charge is 0.405 e. The van der Waals surface area contributed by atoms with Gasteiger partial charge in [0, 0.05) is 16.0 Å². The van der Waals surface area contributed by atoms with Gasteiger partial charge in [-0.15, -0.1) is 0 Å². The quantitative estimate of drug-likeness (QED) is 0.465. The van der Waals surface area contributed by atoms with Crippen LogP contribution < -0.4 is 0 Å². The number of carbonyl (C=O) groups excluding carboxylic acids is 2. The van der Waals surface area contributed by atoms with Gasteiger partial charge >= 0.3 is 5.97 Å². The first-order valence-electron chi connectivity index (χ1n) is 9.10. The summed E-state index contributed by atoms with van der Waals surface area (Å²) in [7, 11) is 0. The number of ketones is 1. The van der Waals surface area contributed by atoms with E-state index in [2.05, 4.69) is 22.5 Å². The van der Waals surface area contributed by atoms with Gasteiger partial charge in [0.1, 0.15) is 0 Å². The van der Waals surface area contributed by atoms with Crippen LogP contribution >= 0.6 is 15.9 Å². The zero-order valence-corrected chi connectivity index (χ0v) is 17.7. The fourth-order valence-corrected chi connectivity index (χ4v) is 4.02. The summed E-state index contributed by atoms with van der Waals surface area (Å²) in [6.07, 6.45) is 0. The molecule has 28 heavy (non-hydrogen) atoms. The Hall–Kier alpha value is -2.53. The number of ether oxygens (including phenoxy) is 1. The number of nitrogens with zero attached hydrogens (tertiary/aromatic N) is 1. The van der Waals surface area contributed by atoms with Crippen molar-refractivity contribution in [1.29, 1.82) is 0 Å². The second kappa shape index (κ2) is 7.84. The molecule has 3 rings (SSSR count). The van der Waals surface area contributed by atoms with E-state index in [0.29, 0.717) is 5.57 Å². The second-order valence-electron chi connectivity index (χ2n) is 7.22. The van der Waals surface area contributed by atoms with Crippen molar-refractivity contribution in [3.8, 4) is 0 Å². The average Bonchev–Trinajstić information content (AvgIpc) is 3.01. The first-order chi connectivity index (χ1) is 13.3. The fourth-order valence-electron chi connectivity index (χ4n) is 3.60. The van der Waals surface area contributed by atoms with Crippen LogP contribution in [0.15, 0.2) is 76.2 Å². The maximum absolute atomic E-state index is 13.2. The van der Waals surface area contributed by atoms with Crippen LogP contribution in [0.1, 0.15) is 37.8 Å². The highest BCUT2D eigenvalue weighted by Crippen LogP contribution is 2.46. The van der Waals surface area contributed by atoms with E-state index in [4.69, 9.17) is 9.73 Å². The molecule has 0 radical (unpaired) electrons. The summed E-state index contributed by atoms with van der Waals surface area (Å²) in [6, 6.07) is 16.8. The van der Waals surface area contributed by atoms with Gasteiger partial charge < -0.3 is 4.74 Å². The zero-order chi connectivity index (χ0) is 20.5. The lowest BCUT2D eigenvalue weighted by atomic mass is 9.69. The molecular formula is C23H22BrNO3. The van der Waals surface area contributed by atoms with Crippen LogP contribution in [-0.4, -0.2) is 23.2 Å². The number of esters is 1. The molecule has 2 aromatic rings. The van der Waals surface area contributed by atoms with Gasteiger partial charge in [0.25, 0.3) is 0 Å². The van der Waals surface area contributed by atoms with Gasteiger partial charge in [-0.1, -0.05) is 66.7 Å². The molecule has 5 heteroatoms. The van der Waals surface area contributed by atoms with E-state index in [-0.39, 0.29) is 17.6 Å². The van der Waals surface area contributed by atoms with Crippen molar-refractivity contribution < 1.29 is 14.3 Å². The molecule has 0 bridgehead atoms. The molecular weight excluding hydrogens is 418 g/mol. The summed E-state index contributed by atoms with van der Waals surface area (Å²) in [5.41, 5.74) is 0.578. The van der Waals surface area contributed by atoms with Gasteiger partial charge in [0.2, 0.25) is 5.90 Å². The normalized spacial score (nSPS) is 19.9. The van der Waals surface area contributed by atoms with Crippen LogP contribution in [0.5, 0.6) is 0 Å². The lowest BCUT2D eigenvalue weighted by molar-refractivity contribution is -0.141. The van der Waals surface area contributed by atoms with E-state index in [1.165, 1.54) is 6.92 Å². The van der Waals surface area contributed by atoms with E-state index in [1.807, 2.05) is 68.4 Å². The Labute approximate surface area is 173 Å². The number of hydrogen-bond acceptors (Lipinski definition) is 4. The molecule has 0 unspecified atom stereocenters. The number of benzene rings is 2. The van der Waals surface area contributed by atoms with E-state index in [9.17, 15) is 9.59 Å². The Kier molecular flexibility index (Phi) is 5.66. The van der Waals surface area contributed by atoms with Gasteiger partial charge in [0.05, 0.1) is 0 Å². The molecule has 0 saturated carbocycles. The highest BCUT2D eigenvalue weighted by molar-refractivity contribution is 9.10. The van der Waals surface area contributed by atoms with Gasteiger partial charge in [-0.3, -0.25) is 4.79 Å². The molecule has 0 aromatic heterocycles. The Balaban J connectivity index is 2.24. The third kappa shape index (κ3) is 3.47. The summed E-state index contributed by atoms with van der Waals surface area (Å²) in [6.45, 7) is 9.31. The molecule has 0 spiro atoms. The maximum atomic E-state index is 13.2. The van der Waals surface area contributed by atoms with Crippen molar-refractivity contribution in [3.63, 3.8) is 0 Å². The van der Waals surface area contributed by atoms with Gasteiger partial charge in [-0.25, -0.2) is 9.79 Å². The molecule has 2 atom stereocenters. The predicted molar refractivity (Wildman–Crippen MR) is 113 cm³/mol. The molecule has 0 aliphatic carbocycles. The number of carbonyl (C=O) groups is 2. The number of rotatable bonds is 6. The van der Waals surface area contributed by atoms with Crippen molar-refractivity contribution >= 4 is 33.6 Å². The summed E-state index contributed by atoms with van der Waals surface area (Å²) >= 11 is 3.48. The Morgan fingerprint density at radius 1 is 1.14 bits per heavy atom. The van der Waals surface area contributed by atoms with Crippen LogP contribution in [-0.2, 0) is 14.3 Å². The molecule has 0 amide bonds. The summed E-state index contributed by atoms with van der Waals surface area (Å²) in [4.78, 5) is 30.4. The number of Topliss-reactive ketones (excluding diaryl/α,β-unsaturated/α-hetero) is 1. The lowest BCUT2D eigenvalue weighted by Gasteiger charge is -2.36. The second-order valence-corrected chi connectivity index (χ2v) is 8.14. The van der Waals surface area contributed by atoms with E-state index < -0.39 is 17.4 Å². The Morgan fingerprint density at radius 3 is 2.39 bits per heavy atom. The minimum Gasteiger partial charge on any atom is -0.405 e.